The molecule has 0 aromatic carbocycles. The molecule has 2 rings (SSSR count). The van der Waals surface area contributed by atoms with Crippen molar-refractivity contribution in [3.8, 4) is 0 Å². The second-order valence-corrected chi connectivity index (χ2v) is 7.18. The molecule has 1 N–H and O–H groups in total. The van der Waals surface area contributed by atoms with Gasteiger partial charge in [0.2, 0.25) is 0 Å². The average Bonchev–Trinajstić information content (AvgIpc) is 2.71. The average molecular weight is 251 g/mol. The van der Waals surface area contributed by atoms with E-state index in [2.05, 4.69) is 33.0 Å². The predicted molar refractivity (Wildman–Crippen MR) is 79.7 cm³/mol. The monoisotopic (exact) mass is 251 g/mol. The van der Waals surface area contributed by atoms with Crippen molar-refractivity contribution >= 4 is 0 Å². The van der Waals surface area contributed by atoms with Gasteiger partial charge in [0.15, 0.2) is 0 Å². The summed E-state index contributed by atoms with van der Waals surface area (Å²) in [4.78, 5) is 0. The molecule has 2 aliphatic carbocycles. The van der Waals surface area contributed by atoms with Crippen LogP contribution in [0, 0.1) is 23.7 Å². The SMILES string of the molecule is CCC1CCC(NC2CCCCC2C(C)C)C1C. The van der Waals surface area contributed by atoms with Crippen molar-refractivity contribution in [2.24, 2.45) is 23.7 Å². The summed E-state index contributed by atoms with van der Waals surface area (Å²) in [5.74, 6) is 3.64. The molecule has 2 aliphatic rings. The molecule has 0 amide bonds. The molecule has 5 unspecified atom stereocenters. The second kappa shape index (κ2) is 6.41. The number of hydrogen-bond acceptors (Lipinski definition) is 1. The Labute approximate surface area is 114 Å². The van der Waals surface area contributed by atoms with Crippen molar-refractivity contribution < 1.29 is 0 Å². The van der Waals surface area contributed by atoms with Gasteiger partial charge in [-0.15, -0.1) is 0 Å². The van der Waals surface area contributed by atoms with Crippen LogP contribution in [0.25, 0.3) is 0 Å². The van der Waals surface area contributed by atoms with E-state index < -0.39 is 0 Å². The van der Waals surface area contributed by atoms with Crippen LogP contribution in [-0.2, 0) is 0 Å². The fraction of sp³-hybridized carbons (Fsp3) is 1.00. The number of nitrogens with one attached hydrogen (secondary N) is 1. The molecule has 2 saturated carbocycles. The van der Waals surface area contributed by atoms with Gasteiger partial charge >= 0.3 is 0 Å². The molecule has 1 nitrogen and oxygen atoms in total. The van der Waals surface area contributed by atoms with E-state index in [0.717, 1.165) is 35.8 Å². The lowest BCUT2D eigenvalue weighted by Gasteiger charge is -2.38. The Morgan fingerprint density at radius 3 is 2.33 bits per heavy atom. The van der Waals surface area contributed by atoms with Crippen LogP contribution in [0.1, 0.15) is 72.6 Å². The van der Waals surface area contributed by atoms with E-state index in [1.165, 1.54) is 44.9 Å². The van der Waals surface area contributed by atoms with Gasteiger partial charge in [-0.05, 0) is 49.4 Å². The Bertz CT molecular complexity index is 248. The van der Waals surface area contributed by atoms with E-state index in [4.69, 9.17) is 0 Å². The molecule has 0 radical (unpaired) electrons. The molecule has 0 spiro atoms. The van der Waals surface area contributed by atoms with Crippen molar-refractivity contribution in [2.75, 3.05) is 0 Å². The normalized spacial score (nSPS) is 41.5. The molecule has 0 aromatic heterocycles. The zero-order valence-corrected chi connectivity index (χ0v) is 12.9. The van der Waals surface area contributed by atoms with Crippen LogP contribution < -0.4 is 5.32 Å². The largest absolute Gasteiger partial charge is 0.311 e. The molecule has 2 fully saturated rings. The summed E-state index contributed by atoms with van der Waals surface area (Å²) >= 11 is 0. The third kappa shape index (κ3) is 3.10. The molecule has 1 heteroatoms. The van der Waals surface area contributed by atoms with Crippen LogP contribution in [0.5, 0.6) is 0 Å². The zero-order chi connectivity index (χ0) is 13.1. The maximum Gasteiger partial charge on any atom is 0.0100 e. The summed E-state index contributed by atoms with van der Waals surface area (Å²) in [6.45, 7) is 9.67. The van der Waals surface area contributed by atoms with Crippen LogP contribution >= 0.6 is 0 Å². The molecule has 0 saturated heterocycles. The van der Waals surface area contributed by atoms with Crippen molar-refractivity contribution in [2.45, 2.75) is 84.7 Å². The van der Waals surface area contributed by atoms with E-state index in [0.29, 0.717) is 0 Å². The molecule has 5 atom stereocenters. The van der Waals surface area contributed by atoms with Gasteiger partial charge in [0.05, 0.1) is 0 Å². The third-order valence-corrected chi connectivity index (χ3v) is 5.85. The van der Waals surface area contributed by atoms with Gasteiger partial charge in [0.25, 0.3) is 0 Å². The lowest BCUT2D eigenvalue weighted by atomic mass is 9.77. The molecule has 0 aliphatic heterocycles. The molecule has 106 valence electrons. The highest BCUT2D eigenvalue weighted by Crippen LogP contribution is 2.36. The summed E-state index contributed by atoms with van der Waals surface area (Å²) in [7, 11) is 0. The van der Waals surface area contributed by atoms with Crippen LogP contribution in [0.15, 0.2) is 0 Å². The van der Waals surface area contributed by atoms with Gasteiger partial charge in [-0.1, -0.05) is 47.0 Å². The van der Waals surface area contributed by atoms with E-state index in [-0.39, 0.29) is 0 Å². The van der Waals surface area contributed by atoms with Gasteiger partial charge in [-0.25, -0.2) is 0 Å². The zero-order valence-electron chi connectivity index (χ0n) is 12.9. The smallest absolute Gasteiger partial charge is 0.0100 e. The van der Waals surface area contributed by atoms with Gasteiger partial charge < -0.3 is 5.32 Å². The first-order chi connectivity index (χ1) is 8.63. The highest BCUT2D eigenvalue weighted by molar-refractivity contribution is 4.91. The Balaban J connectivity index is 1.91. The summed E-state index contributed by atoms with van der Waals surface area (Å²) in [6.07, 6.45) is 10.0. The van der Waals surface area contributed by atoms with Gasteiger partial charge in [0.1, 0.15) is 0 Å². The summed E-state index contributed by atoms with van der Waals surface area (Å²) in [5, 5.41) is 4.06. The summed E-state index contributed by atoms with van der Waals surface area (Å²) in [5.41, 5.74) is 0. The van der Waals surface area contributed by atoms with E-state index in [1.54, 1.807) is 0 Å². The molecular formula is C17H33N. The summed E-state index contributed by atoms with van der Waals surface area (Å²) < 4.78 is 0. The highest BCUT2D eigenvalue weighted by atomic mass is 15.0. The maximum absolute atomic E-state index is 4.06. The minimum Gasteiger partial charge on any atom is -0.311 e. The third-order valence-electron chi connectivity index (χ3n) is 5.85. The minimum absolute atomic E-state index is 0.805. The molecule has 0 aromatic rings. The van der Waals surface area contributed by atoms with Crippen LogP contribution in [0.2, 0.25) is 0 Å². The van der Waals surface area contributed by atoms with Crippen LogP contribution in [-0.4, -0.2) is 12.1 Å². The molecular weight excluding hydrogens is 218 g/mol. The lowest BCUT2D eigenvalue weighted by Crippen LogP contribution is -2.47. The molecule has 0 heterocycles. The van der Waals surface area contributed by atoms with Gasteiger partial charge in [-0.3, -0.25) is 0 Å². The standard InChI is InChI=1S/C17H33N/c1-5-14-10-11-16(13(14)4)18-17-9-7-6-8-15(17)12(2)3/h12-18H,5-11H2,1-4H3. The maximum atomic E-state index is 4.06. The Kier molecular flexibility index (Phi) is 5.12. The van der Waals surface area contributed by atoms with Crippen molar-refractivity contribution in [1.29, 1.82) is 0 Å². The molecule has 18 heavy (non-hydrogen) atoms. The van der Waals surface area contributed by atoms with E-state index in [1.807, 2.05) is 0 Å². The van der Waals surface area contributed by atoms with Crippen molar-refractivity contribution in [3.63, 3.8) is 0 Å². The molecule has 0 bridgehead atoms. The van der Waals surface area contributed by atoms with Gasteiger partial charge in [-0.2, -0.15) is 0 Å². The fourth-order valence-corrected chi connectivity index (χ4v) is 4.50. The minimum atomic E-state index is 0.805. The van der Waals surface area contributed by atoms with Crippen LogP contribution in [0.4, 0.5) is 0 Å². The quantitative estimate of drug-likeness (QED) is 0.769. The predicted octanol–water partition coefficient (Wildman–Crippen LogP) is 4.62. The first kappa shape index (κ1) is 14.4. The van der Waals surface area contributed by atoms with Crippen molar-refractivity contribution in [3.05, 3.63) is 0 Å². The van der Waals surface area contributed by atoms with Crippen LogP contribution in [0.3, 0.4) is 0 Å². The Hall–Kier alpha value is -0.0400. The van der Waals surface area contributed by atoms with E-state index >= 15 is 0 Å². The van der Waals surface area contributed by atoms with E-state index in [9.17, 15) is 0 Å². The van der Waals surface area contributed by atoms with Crippen molar-refractivity contribution in [1.82, 2.24) is 5.32 Å². The van der Waals surface area contributed by atoms with Gasteiger partial charge in [0, 0.05) is 12.1 Å². The Morgan fingerprint density at radius 1 is 1.00 bits per heavy atom. The first-order valence-corrected chi connectivity index (χ1v) is 8.39. The highest BCUT2D eigenvalue weighted by Gasteiger charge is 2.35. The topological polar surface area (TPSA) is 12.0 Å². The Morgan fingerprint density at radius 2 is 1.72 bits per heavy atom. The lowest BCUT2D eigenvalue weighted by molar-refractivity contribution is 0.179. The number of hydrogen-bond donors (Lipinski definition) is 1. The second-order valence-electron chi connectivity index (χ2n) is 7.18. The summed E-state index contributed by atoms with van der Waals surface area (Å²) in [6, 6.07) is 1.61. The first-order valence-electron chi connectivity index (χ1n) is 8.39. The number of rotatable bonds is 4. The fourth-order valence-electron chi connectivity index (χ4n) is 4.50.